The van der Waals surface area contributed by atoms with Crippen molar-refractivity contribution >= 4 is 23.3 Å². The van der Waals surface area contributed by atoms with Crippen LogP contribution in [0.2, 0.25) is 0 Å². The van der Waals surface area contributed by atoms with E-state index in [1.165, 1.54) is 24.7 Å². The van der Waals surface area contributed by atoms with E-state index in [0.29, 0.717) is 0 Å². The van der Waals surface area contributed by atoms with E-state index in [0.717, 1.165) is 56.2 Å². The summed E-state index contributed by atoms with van der Waals surface area (Å²) < 4.78 is 0. The van der Waals surface area contributed by atoms with Gasteiger partial charge in [-0.3, -0.25) is 0 Å². The number of hydrogen-bond donors (Lipinski definition) is 3. The van der Waals surface area contributed by atoms with Crippen LogP contribution in [0.15, 0.2) is 12.1 Å². The van der Waals surface area contributed by atoms with E-state index in [1.54, 1.807) is 0 Å². The lowest BCUT2D eigenvalue weighted by Crippen LogP contribution is -2.44. The summed E-state index contributed by atoms with van der Waals surface area (Å²) in [5.74, 6) is 0. The molecule has 108 valence electrons. The Morgan fingerprint density at radius 2 is 1.75 bits per heavy atom. The van der Waals surface area contributed by atoms with Crippen molar-refractivity contribution in [2.45, 2.75) is 12.8 Å². The molecule has 4 N–H and O–H groups in total. The Hall–Kier alpha value is -1.75. The SMILES string of the molecule is N=Cc1c(N)cc(N2CCCC2)cc1N1CCNCC1. The molecule has 0 atom stereocenters. The van der Waals surface area contributed by atoms with Crippen molar-refractivity contribution < 1.29 is 0 Å². The van der Waals surface area contributed by atoms with E-state index < -0.39 is 0 Å². The Bertz CT molecular complexity index is 487. The summed E-state index contributed by atoms with van der Waals surface area (Å²) in [6.07, 6.45) is 3.91. The van der Waals surface area contributed by atoms with Gasteiger partial charge in [0.15, 0.2) is 0 Å². The first-order valence-corrected chi connectivity index (χ1v) is 7.44. The highest BCUT2D eigenvalue weighted by molar-refractivity contribution is 5.95. The van der Waals surface area contributed by atoms with Crippen LogP contribution in [0.4, 0.5) is 17.1 Å². The lowest BCUT2D eigenvalue weighted by Gasteiger charge is -2.32. The molecule has 0 unspecified atom stereocenters. The van der Waals surface area contributed by atoms with Crippen molar-refractivity contribution in [2.75, 3.05) is 54.8 Å². The van der Waals surface area contributed by atoms with Crippen LogP contribution in [0.3, 0.4) is 0 Å². The number of rotatable bonds is 3. The zero-order chi connectivity index (χ0) is 13.9. The Morgan fingerprint density at radius 1 is 1.05 bits per heavy atom. The summed E-state index contributed by atoms with van der Waals surface area (Å²) in [6.45, 7) is 6.17. The zero-order valence-corrected chi connectivity index (χ0v) is 11.9. The van der Waals surface area contributed by atoms with Crippen LogP contribution in [-0.4, -0.2) is 45.5 Å². The minimum Gasteiger partial charge on any atom is -0.398 e. The van der Waals surface area contributed by atoms with Crippen molar-refractivity contribution in [1.29, 1.82) is 5.41 Å². The summed E-state index contributed by atoms with van der Waals surface area (Å²) in [7, 11) is 0. The fourth-order valence-corrected chi connectivity index (χ4v) is 3.13. The maximum Gasteiger partial charge on any atom is 0.0497 e. The summed E-state index contributed by atoms with van der Waals surface area (Å²) in [4.78, 5) is 4.74. The van der Waals surface area contributed by atoms with Crippen LogP contribution in [0.1, 0.15) is 18.4 Å². The third kappa shape index (κ3) is 2.45. The third-order valence-corrected chi connectivity index (χ3v) is 4.25. The van der Waals surface area contributed by atoms with Crippen molar-refractivity contribution in [2.24, 2.45) is 0 Å². The van der Waals surface area contributed by atoms with E-state index in [1.807, 2.05) is 6.07 Å². The topological polar surface area (TPSA) is 68.4 Å². The summed E-state index contributed by atoms with van der Waals surface area (Å²) in [5.41, 5.74) is 10.1. The van der Waals surface area contributed by atoms with Crippen molar-refractivity contribution in [3.8, 4) is 0 Å². The van der Waals surface area contributed by atoms with E-state index in [2.05, 4.69) is 21.2 Å². The highest BCUT2D eigenvalue weighted by Gasteiger charge is 2.19. The summed E-state index contributed by atoms with van der Waals surface area (Å²) >= 11 is 0. The molecule has 2 aliphatic rings. The van der Waals surface area contributed by atoms with Gasteiger partial charge >= 0.3 is 0 Å². The van der Waals surface area contributed by atoms with Crippen LogP contribution in [0, 0.1) is 5.41 Å². The standard InChI is InChI=1S/C15H23N5/c16-11-13-14(17)9-12(19-5-1-2-6-19)10-15(13)20-7-3-18-4-8-20/h9-11,16,18H,1-8,17H2. The minimum absolute atomic E-state index is 0.720. The molecule has 20 heavy (non-hydrogen) atoms. The van der Waals surface area contributed by atoms with Crippen LogP contribution >= 0.6 is 0 Å². The largest absolute Gasteiger partial charge is 0.398 e. The molecule has 2 saturated heterocycles. The number of anilines is 3. The first-order valence-electron chi connectivity index (χ1n) is 7.44. The molecule has 0 saturated carbocycles. The summed E-state index contributed by atoms with van der Waals surface area (Å²) in [5, 5.41) is 11.0. The van der Waals surface area contributed by atoms with Gasteiger partial charge in [0.2, 0.25) is 0 Å². The van der Waals surface area contributed by atoms with E-state index in [-0.39, 0.29) is 0 Å². The molecule has 0 radical (unpaired) electrons. The molecule has 5 nitrogen and oxygen atoms in total. The zero-order valence-electron chi connectivity index (χ0n) is 11.9. The van der Waals surface area contributed by atoms with Gasteiger partial charge in [0.25, 0.3) is 0 Å². The normalized spacial score (nSPS) is 19.4. The van der Waals surface area contributed by atoms with Crippen LogP contribution in [0.25, 0.3) is 0 Å². The maximum absolute atomic E-state index is 7.66. The second-order valence-electron chi connectivity index (χ2n) is 5.54. The number of nitrogens with one attached hydrogen (secondary N) is 2. The highest BCUT2D eigenvalue weighted by atomic mass is 15.2. The van der Waals surface area contributed by atoms with Gasteiger partial charge in [-0.15, -0.1) is 0 Å². The molecule has 1 aromatic carbocycles. The molecule has 2 heterocycles. The van der Waals surface area contributed by atoms with Gasteiger partial charge < -0.3 is 26.3 Å². The van der Waals surface area contributed by atoms with E-state index in [4.69, 9.17) is 11.1 Å². The van der Waals surface area contributed by atoms with Gasteiger partial charge in [-0.1, -0.05) is 0 Å². The number of nitrogens with two attached hydrogens (primary N) is 1. The number of nitrogens with zero attached hydrogens (tertiary/aromatic N) is 2. The number of piperazine rings is 1. The average Bonchev–Trinajstić information content (AvgIpc) is 3.01. The molecule has 5 heteroatoms. The second kappa shape index (κ2) is 5.71. The van der Waals surface area contributed by atoms with Crippen molar-refractivity contribution in [3.63, 3.8) is 0 Å². The molecule has 0 amide bonds. The molecule has 0 spiro atoms. The first-order chi connectivity index (χ1) is 9.79. The van der Waals surface area contributed by atoms with E-state index in [9.17, 15) is 0 Å². The van der Waals surface area contributed by atoms with Gasteiger partial charge in [0.1, 0.15) is 0 Å². The summed E-state index contributed by atoms with van der Waals surface area (Å²) in [6, 6.07) is 4.24. The maximum atomic E-state index is 7.66. The monoisotopic (exact) mass is 273 g/mol. The fourth-order valence-electron chi connectivity index (χ4n) is 3.13. The van der Waals surface area contributed by atoms with Gasteiger partial charge in [-0.2, -0.15) is 0 Å². The molecule has 2 aliphatic heterocycles. The molecular formula is C15H23N5. The minimum atomic E-state index is 0.720. The van der Waals surface area contributed by atoms with Gasteiger partial charge in [-0.05, 0) is 25.0 Å². The fraction of sp³-hybridized carbons (Fsp3) is 0.533. The molecule has 2 fully saturated rings. The highest BCUT2D eigenvalue weighted by Crippen LogP contribution is 2.32. The first kappa shape index (κ1) is 13.2. The second-order valence-corrected chi connectivity index (χ2v) is 5.54. The number of hydrogen-bond acceptors (Lipinski definition) is 5. The molecule has 0 bridgehead atoms. The Morgan fingerprint density at radius 3 is 2.40 bits per heavy atom. The lowest BCUT2D eigenvalue weighted by atomic mass is 10.1. The average molecular weight is 273 g/mol. The lowest BCUT2D eigenvalue weighted by molar-refractivity contribution is 0.589. The predicted molar refractivity (Wildman–Crippen MR) is 85.3 cm³/mol. The van der Waals surface area contributed by atoms with Crippen LogP contribution in [0.5, 0.6) is 0 Å². The van der Waals surface area contributed by atoms with Gasteiger partial charge in [0, 0.05) is 68.1 Å². The molecule has 1 aromatic rings. The van der Waals surface area contributed by atoms with Crippen molar-refractivity contribution in [1.82, 2.24) is 5.32 Å². The Kier molecular flexibility index (Phi) is 3.78. The molecule has 3 rings (SSSR count). The Balaban J connectivity index is 1.97. The predicted octanol–water partition coefficient (Wildman–Crippen LogP) is 1.28. The smallest absolute Gasteiger partial charge is 0.0497 e. The Labute approximate surface area is 120 Å². The quantitative estimate of drug-likeness (QED) is 0.573. The third-order valence-electron chi connectivity index (χ3n) is 4.25. The number of benzene rings is 1. The molecule has 0 aliphatic carbocycles. The van der Waals surface area contributed by atoms with Crippen molar-refractivity contribution in [3.05, 3.63) is 17.7 Å². The molecule has 0 aromatic heterocycles. The van der Waals surface area contributed by atoms with Crippen LogP contribution < -0.4 is 20.9 Å². The van der Waals surface area contributed by atoms with E-state index >= 15 is 0 Å². The van der Waals surface area contributed by atoms with Gasteiger partial charge in [0.05, 0.1) is 0 Å². The van der Waals surface area contributed by atoms with Gasteiger partial charge in [-0.25, -0.2) is 0 Å². The van der Waals surface area contributed by atoms with Crippen LogP contribution in [-0.2, 0) is 0 Å². The molecular weight excluding hydrogens is 250 g/mol. The number of nitrogen functional groups attached to an aromatic ring is 1.